The number of nitrogen functional groups attached to an aromatic ring is 1. The first-order valence-corrected chi connectivity index (χ1v) is 7.46. The maximum atomic E-state index is 5.99. The van der Waals surface area contributed by atoms with Crippen molar-refractivity contribution in [1.29, 1.82) is 0 Å². The minimum absolute atomic E-state index is 0.252. The summed E-state index contributed by atoms with van der Waals surface area (Å²) in [5.74, 6) is 0.780. The fourth-order valence-corrected chi connectivity index (χ4v) is 3.28. The monoisotopic (exact) mass is 297 g/mol. The van der Waals surface area contributed by atoms with Gasteiger partial charge in [-0.25, -0.2) is 19.9 Å². The molecule has 0 fully saturated rings. The number of aromatic nitrogens is 4. The van der Waals surface area contributed by atoms with Crippen LogP contribution in [0.15, 0.2) is 47.0 Å². The Morgan fingerprint density at radius 2 is 1.67 bits per heavy atom. The van der Waals surface area contributed by atoms with Crippen LogP contribution in [0.4, 0.5) is 5.82 Å². The molecular formula is C15H15N5S. The highest BCUT2D eigenvalue weighted by Gasteiger charge is 2.15. The lowest BCUT2D eigenvalue weighted by molar-refractivity contribution is 0.808. The molecular weight excluding hydrogens is 282 g/mol. The first-order valence-electron chi connectivity index (χ1n) is 6.64. The molecule has 0 saturated heterocycles. The van der Waals surface area contributed by atoms with E-state index >= 15 is 0 Å². The van der Waals surface area contributed by atoms with E-state index in [0.29, 0.717) is 5.82 Å². The first kappa shape index (κ1) is 13.8. The lowest BCUT2D eigenvalue weighted by Gasteiger charge is -2.13. The highest BCUT2D eigenvalue weighted by Crippen LogP contribution is 2.35. The summed E-state index contributed by atoms with van der Waals surface area (Å²) in [4.78, 5) is 17.1. The van der Waals surface area contributed by atoms with Gasteiger partial charge in [0, 0.05) is 10.9 Å². The average molecular weight is 297 g/mol. The largest absolute Gasteiger partial charge is 0.383 e. The Labute approximate surface area is 127 Å². The zero-order valence-electron chi connectivity index (χ0n) is 11.8. The van der Waals surface area contributed by atoms with Crippen LogP contribution in [0.3, 0.4) is 0 Å². The number of anilines is 1. The van der Waals surface area contributed by atoms with E-state index in [0.717, 1.165) is 26.5 Å². The lowest BCUT2D eigenvalue weighted by atomic mass is 10.1. The maximum absolute atomic E-state index is 5.99. The molecule has 6 heteroatoms. The van der Waals surface area contributed by atoms with Crippen molar-refractivity contribution in [2.24, 2.45) is 0 Å². The van der Waals surface area contributed by atoms with E-state index in [9.17, 15) is 0 Å². The van der Waals surface area contributed by atoms with Gasteiger partial charge in [-0.1, -0.05) is 32.0 Å². The van der Waals surface area contributed by atoms with Gasteiger partial charge >= 0.3 is 0 Å². The number of nitrogens with two attached hydrogens (primary N) is 1. The van der Waals surface area contributed by atoms with Crippen molar-refractivity contribution in [2.45, 2.75) is 29.8 Å². The summed E-state index contributed by atoms with van der Waals surface area (Å²) in [7, 11) is 0. The third-order valence-corrected chi connectivity index (χ3v) is 4.19. The fraction of sp³-hybridized carbons (Fsp3) is 0.200. The molecule has 5 nitrogen and oxygen atoms in total. The predicted molar refractivity (Wildman–Crippen MR) is 84.2 cm³/mol. The van der Waals surface area contributed by atoms with Crippen molar-refractivity contribution >= 4 is 28.5 Å². The van der Waals surface area contributed by atoms with Crippen LogP contribution in [-0.4, -0.2) is 19.9 Å². The summed E-state index contributed by atoms with van der Waals surface area (Å²) in [6.07, 6.45) is 3.07. The highest BCUT2D eigenvalue weighted by molar-refractivity contribution is 7.99. The van der Waals surface area contributed by atoms with Crippen molar-refractivity contribution in [2.75, 3.05) is 5.73 Å². The Kier molecular flexibility index (Phi) is 3.70. The molecule has 0 aliphatic carbocycles. The fourth-order valence-electron chi connectivity index (χ4n) is 2.17. The Morgan fingerprint density at radius 3 is 2.48 bits per heavy atom. The van der Waals surface area contributed by atoms with Gasteiger partial charge in [-0.15, -0.1) is 0 Å². The summed E-state index contributed by atoms with van der Waals surface area (Å²) < 4.78 is 0. The predicted octanol–water partition coefficient (Wildman–Crippen LogP) is 3.28. The van der Waals surface area contributed by atoms with Crippen LogP contribution in [0.2, 0.25) is 0 Å². The minimum Gasteiger partial charge on any atom is -0.383 e. The summed E-state index contributed by atoms with van der Waals surface area (Å²) in [6.45, 7) is 4.16. The number of rotatable bonds is 3. The number of hydrogen-bond acceptors (Lipinski definition) is 6. The molecule has 21 heavy (non-hydrogen) atoms. The Hall–Kier alpha value is -2.21. The third-order valence-electron chi connectivity index (χ3n) is 3.16. The molecule has 0 spiro atoms. The minimum atomic E-state index is 0.252. The lowest BCUT2D eigenvalue weighted by Crippen LogP contribution is -2.03. The van der Waals surface area contributed by atoms with E-state index in [1.54, 1.807) is 6.33 Å². The number of benzene rings is 1. The number of hydrogen-bond donors (Lipinski definition) is 1. The van der Waals surface area contributed by atoms with Crippen LogP contribution in [0.1, 0.15) is 25.3 Å². The Balaban J connectivity index is 2.09. The quantitative estimate of drug-likeness (QED) is 0.747. The zero-order chi connectivity index (χ0) is 14.8. The van der Waals surface area contributed by atoms with Crippen LogP contribution in [-0.2, 0) is 0 Å². The molecule has 2 N–H and O–H groups in total. The van der Waals surface area contributed by atoms with E-state index in [1.807, 2.05) is 24.3 Å². The molecule has 0 amide bonds. The van der Waals surface area contributed by atoms with Crippen LogP contribution < -0.4 is 5.73 Å². The second-order valence-corrected chi connectivity index (χ2v) is 5.91. The van der Waals surface area contributed by atoms with Crippen molar-refractivity contribution in [3.8, 4) is 0 Å². The normalized spacial score (nSPS) is 11.2. The van der Waals surface area contributed by atoms with E-state index in [4.69, 9.17) is 5.73 Å². The van der Waals surface area contributed by atoms with E-state index in [2.05, 4.69) is 33.8 Å². The van der Waals surface area contributed by atoms with Crippen LogP contribution in [0.5, 0.6) is 0 Å². The summed E-state index contributed by atoms with van der Waals surface area (Å²) >= 11 is 1.50. The number of para-hydroxylation sites is 1. The average Bonchev–Trinajstić information content (AvgIpc) is 2.47. The van der Waals surface area contributed by atoms with Crippen LogP contribution in [0.25, 0.3) is 10.9 Å². The topological polar surface area (TPSA) is 77.6 Å². The van der Waals surface area contributed by atoms with Crippen molar-refractivity contribution in [3.05, 3.63) is 42.5 Å². The molecule has 2 heterocycles. The maximum Gasteiger partial charge on any atom is 0.131 e. The Morgan fingerprint density at radius 1 is 0.952 bits per heavy atom. The van der Waals surface area contributed by atoms with Crippen LogP contribution >= 0.6 is 11.8 Å². The van der Waals surface area contributed by atoms with Crippen molar-refractivity contribution in [1.82, 2.24) is 19.9 Å². The first-order chi connectivity index (χ1) is 10.2. The third kappa shape index (κ3) is 2.67. The van der Waals surface area contributed by atoms with Gasteiger partial charge < -0.3 is 5.73 Å². The molecule has 106 valence electrons. The Bertz CT molecular complexity index is 783. The summed E-state index contributed by atoms with van der Waals surface area (Å²) in [5, 5.41) is 2.74. The van der Waals surface area contributed by atoms with Crippen molar-refractivity contribution < 1.29 is 0 Å². The molecule has 3 aromatic rings. The molecule has 0 unspecified atom stereocenters. The van der Waals surface area contributed by atoms with Gasteiger partial charge in [0.25, 0.3) is 0 Å². The molecule has 3 rings (SSSR count). The SMILES string of the molecule is CC(C)c1c(N)ncnc1Sc1ncnc2ccccc12. The number of nitrogens with zero attached hydrogens (tertiary/aromatic N) is 4. The molecule has 0 saturated carbocycles. The van der Waals surface area contributed by atoms with Gasteiger partial charge in [-0.2, -0.15) is 0 Å². The number of fused-ring (bicyclic) bond motifs is 1. The van der Waals surface area contributed by atoms with Crippen molar-refractivity contribution in [3.63, 3.8) is 0 Å². The van der Waals surface area contributed by atoms with Gasteiger partial charge in [-0.3, -0.25) is 0 Å². The van der Waals surface area contributed by atoms with Gasteiger partial charge in [0.1, 0.15) is 28.5 Å². The van der Waals surface area contributed by atoms with E-state index in [-0.39, 0.29) is 5.92 Å². The molecule has 0 radical (unpaired) electrons. The van der Waals surface area contributed by atoms with Gasteiger partial charge in [0.05, 0.1) is 5.52 Å². The van der Waals surface area contributed by atoms with E-state index in [1.165, 1.54) is 18.1 Å². The second kappa shape index (κ2) is 5.65. The summed E-state index contributed by atoms with van der Waals surface area (Å²) in [6, 6.07) is 7.93. The second-order valence-electron chi connectivity index (χ2n) is 4.93. The molecule has 0 atom stereocenters. The standard InChI is InChI=1S/C15H15N5S/c1-9(2)12-13(16)18-8-20-15(12)21-14-10-5-3-4-6-11(10)17-7-19-14/h3-9H,1-2H3,(H2,16,18,20). The summed E-state index contributed by atoms with van der Waals surface area (Å²) in [5.41, 5.74) is 7.87. The molecule has 0 aliphatic rings. The van der Waals surface area contributed by atoms with Gasteiger partial charge in [0.2, 0.25) is 0 Å². The molecule has 0 bridgehead atoms. The van der Waals surface area contributed by atoms with E-state index < -0.39 is 0 Å². The smallest absolute Gasteiger partial charge is 0.131 e. The molecule has 0 aliphatic heterocycles. The van der Waals surface area contributed by atoms with Gasteiger partial charge in [0.15, 0.2) is 0 Å². The highest BCUT2D eigenvalue weighted by atomic mass is 32.2. The molecule has 2 aromatic heterocycles. The van der Waals surface area contributed by atoms with Crippen LogP contribution in [0, 0.1) is 0 Å². The molecule has 1 aromatic carbocycles. The van der Waals surface area contributed by atoms with Gasteiger partial charge in [-0.05, 0) is 23.7 Å². The zero-order valence-corrected chi connectivity index (χ0v) is 12.6.